The van der Waals surface area contributed by atoms with E-state index >= 15 is 0 Å². The van der Waals surface area contributed by atoms with Crippen molar-refractivity contribution in [2.75, 3.05) is 29.8 Å². The van der Waals surface area contributed by atoms with E-state index < -0.39 is 5.91 Å². The number of methoxy groups -OCH3 is 1. The van der Waals surface area contributed by atoms with E-state index in [9.17, 15) is 9.59 Å². The highest BCUT2D eigenvalue weighted by atomic mass is 32.2. The van der Waals surface area contributed by atoms with Crippen molar-refractivity contribution in [1.29, 1.82) is 0 Å². The van der Waals surface area contributed by atoms with Crippen LogP contribution >= 0.6 is 23.5 Å². The summed E-state index contributed by atoms with van der Waals surface area (Å²) in [5.41, 5.74) is 6.59. The van der Waals surface area contributed by atoms with Crippen molar-refractivity contribution in [3.05, 3.63) is 48.5 Å². The van der Waals surface area contributed by atoms with Gasteiger partial charge in [0.2, 0.25) is 17.0 Å². The molecular formula is C19H20N6O3S2. The van der Waals surface area contributed by atoms with Crippen LogP contribution in [0.5, 0.6) is 5.75 Å². The largest absolute Gasteiger partial charge is 0.497 e. The number of thioether (sulfide) groups is 2. The Balaban J connectivity index is 1.62. The fraction of sp³-hybridized carbons (Fsp3) is 0.158. The molecule has 0 atom stereocenters. The van der Waals surface area contributed by atoms with Gasteiger partial charge in [-0.1, -0.05) is 23.9 Å². The minimum atomic E-state index is -0.424. The molecule has 1 heterocycles. The van der Waals surface area contributed by atoms with Crippen LogP contribution in [-0.4, -0.2) is 45.3 Å². The molecule has 1 aromatic heterocycles. The Morgan fingerprint density at radius 2 is 1.80 bits per heavy atom. The zero-order chi connectivity index (χ0) is 21.5. The number of benzene rings is 2. The van der Waals surface area contributed by atoms with Crippen molar-refractivity contribution in [2.45, 2.75) is 10.1 Å². The number of amides is 2. The molecule has 156 valence electrons. The summed E-state index contributed by atoms with van der Waals surface area (Å²) in [6.07, 6.45) is 0. The minimum Gasteiger partial charge on any atom is -0.497 e. The SMILES string of the molecule is COc1ccc(-c2nnc(SCC(=O)Nc3ccccc3SCC(N)=O)n2N)cc1. The Morgan fingerprint density at radius 1 is 1.07 bits per heavy atom. The van der Waals surface area contributed by atoms with Crippen LogP contribution in [0.4, 0.5) is 5.69 Å². The number of nitrogens with two attached hydrogens (primary N) is 2. The molecule has 0 radical (unpaired) electrons. The molecule has 3 aromatic rings. The highest BCUT2D eigenvalue weighted by Gasteiger charge is 2.15. The molecule has 30 heavy (non-hydrogen) atoms. The smallest absolute Gasteiger partial charge is 0.234 e. The summed E-state index contributed by atoms with van der Waals surface area (Å²) < 4.78 is 6.49. The van der Waals surface area contributed by atoms with E-state index in [1.807, 2.05) is 24.3 Å². The van der Waals surface area contributed by atoms with Crippen LogP contribution in [0.15, 0.2) is 58.6 Å². The fourth-order valence-corrected chi connectivity index (χ4v) is 3.88. The number of nitrogens with zero attached hydrogens (tertiary/aromatic N) is 3. The first-order chi connectivity index (χ1) is 14.5. The number of anilines is 1. The molecule has 2 amide bonds. The van der Waals surface area contributed by atoms with E-state index in [-0.39, 0.29) is 17.4 Å². The molecule has 0 bridgehead atoms. The van der Waals surface area contributed by atoms with Gasteiger partial charge in [-0.2, -0.15) is 0 Å². The molecule has 9 nitrogen and oxygen atoms in total. The highest BCUT2D eigenvalue weighted by molar-refractivity contribution is 8.00. The Hall–Kier alpha value is -3.18. The predicted molar refractivity (Wildman–Crippen MR) is 118 cm³/mol. The lowest BCUT2D eigenvalue weighted by atomic mass is 10.2. The number of aromatic nitrogens is 3. The maximum atomic E-state index is 12.4. The lowest BCUT2D eigenvalue weighted by Crippen LogP contribution is -2.17. The molecule has 0 fully saturated rings. The molecule has 0 saturated carbocycles. The zero-order valence-electron chi connectivity index (χ0n) is 16.1. The van der Waals surface area contributed by atoms with Gasteiger partial charge < -0.3 is 21.6 Å². The maximum Gasteiger partial charge on any atom is 0.234 e. The van der Waals surface area contributed by atoms with Crippen LogP contribution in [0.3, 0.4) is 0 Å². The van der Waals surface area contributed by atoms with Crippen LogP contribution in [0.2, 0.25) is 0 Å². The second-order valence-electron chi connectivity index (χ2n) is 5.99. The number of para-hydroxylation sites is 1. The van der Waals surface area contributed by atoms with Crippen LogP contribution in [0.25, 0.3) is 11.4 Å². The van der Waals surface area contributed by atoms with Crippen molar-refractivity contribution < 1.29 is 14.3 Å². The van der Waals surface area contributed by atoms with Crippen molar-refractivity contribution in [1.82, 2.24) is 14.9 Å². The first-order valence-corrected chi connectivity index (χ1v) is 10.7. The summed E-state index contributed by atoms with van der Waals surface area (Å²) in [6.45, 7) is 0. The van der Waals surface area contributed by atoms with Crippen LogP contribution < -0.4 is 21.6 Å². The summed E-state index contributed by atoms with van der Waals surface area (Å²) in [4.78, 5) is 24.2. The van der Waals surface area contributed by atoms with E-state index in [0.717, 1.165) is 16.2 Å². The van der Waals surface area contributed by atoms with Crippen molar-refractivity contribution in [3.8, 4) is 17.1 Å². The summed E-state index contributed by atoms with van der Waals surface area (Å²) in [6, 6.07) is 14.5. The minimum absolute atomic E-state index is 0.0900. The second kappa shape index (κ2) is 10.0. The van der Waals surface area contributed by atoms with E-state index in [1.54, 1.807) is 31.4 Å². The van der Waals surface area contributed by atoms with E-state index in [4.69, 9.17) is 16.3 Å². The molecule has 5 N–H and O–H groups in total. The predicted octanol–water partition coefficient (Wildman–Crippen LogP) is 1.98. The number of nitrogen functional groups attached to an aromatic ring is 1. The van der Waals surface area contributed by atoms with E-state index in [0.29, 0.717) is 16.7 Å². The van der Waals surface area contributed by atoms with E-state index in [2.05, 4.69) is 15.5 Å². The number of carbonyl (C=O) groups is 2. The molecule has 0 spiro atoms. The average Bonchev–Trinajstić information content (AvgIpc) is 3.12. The van der Waals surface area contributed by atoms with Gasteiger partial charge in [-0.3, -0.25) is 9.59 Å². The van der Waals surface area contributed by atoms with Gasteiger partial charge in [0.05, 0.1) is 24.3 Å². The molecule has 0 aliphatic carbocycles. The van der Waals surface area contributed by atoms with Gasteiger partial charge in [-0.25, -0.2) is 4.68 Å². The Morgan fingerprint density at radius 3 is 2.50 bits per heavy atom. The third kappa shape index (κ3) is 5.45. The monoisotopic (exact) mass is 444 g/mol. The molecule has 0 aliphatic heterocycles. The summed E-state index contributed by atoms with van der Waals surface area (Å²) in [5, 5.41) is 11.4. The fourth-order valence-electron chi connectivity index (χ4n) is 2.47. The van der Waals surface area contributed by atoms with Gasteiger partial charge in [0.15, 0.2) is 5.82 Å². The van der Waals surface area contributed by atoms with Crippen molar-refractivity contribution in [3.63, 3.8) is 0 Å². The third-order valence-electron chi connectivity index (χ3n) is 3.88. The number of hydrogen-bond acceptors (Lipinski definition) is 8. The normalized spacial score (nSPS) is 10.6. The van der Waals surface area contributed by atoms with Crippen molar-refractivity contribution in [2.24, 2.45) is 5.73 Å². The average molecular weight is 445 g/mol. The Bertz CT molecular complexity index is 1040. The molecule has 0 saturated heterocycles. The lowest BCUT2D eigenvalue weighted by molar-refractivity contribution is -0.115. The third-order valence-corrected chi connectivity index (χ3v) is 5.92. The highest BCUT2D eigenvalue weighted by Crippen LogP contribution is 2.27. The number of primary amides is 1. The van der Waals surface area contributed by atoms with E-state index in [1.165, 1.54) is 28.2 Å². The standard InChI is InChI=1S/C19H20N6O3S2/c1-28-13-8-6-12(7-9-13)18-23-24-19(25(18)21)30-11-17(27)22-14-4-2-3-5-15(14)29-10-16(20)26/h2-9H,10-11,21H2,1H3,(H2,20,26)(H,22,27). The molecule has 0 unspecified atom stereocenters. The second-order valence-corrected chi connectivity index (χ2v) is 7.95. The summed E-state index contributed by atoms with van der Waals surface area (Å²) in [7, 11) is 1.59. The molecular weight excluding hydrogens is 424 g/mol. The van der Waals surface area contributed by atoms with Gasteiger partial charge in [-0.15, -0.1) is 22.0 Å². The molecule has 2 aromatic carbocycles. The Labute approximate surface area is 181 Å². The van der Waals surface area contributed by atoms with Gasteiger partial charge in [0.25, 0.3) is 0 Å². The zero-order valence-corrected chi connectivity index (χ0v) is 17.7. The number of nitrogens with one attached hydrogen (secondary N) is 1. The van der Waals surface area contributed by atoms with Crippen LogP contribution in [0, 0.1) is 0 Å². The topological polar surface area (TPSA) is 138 Å². The molecule has 11 heteroatoms. The number of carbonyl (C=O) groups excluding carboxylic acids is 2. The summed E-state index contributed by atoms with van der Waals surface area (Å²) in [5.74, 6) is 6.86. The number of hydrogen-bond donors (Lipinski definition) is 3. The van der Waals surface area contributed by atoms with Crippen LogP contribution in [-0.2, 0) is 9.59 Å². The van der Waals surface area contributed by atoms with Gasteiger partial charge in [0, 0.05) is 10.5 Å². The lowest BCUT2D eigenvalue weighted by Gasteiger charge is -2.10. The maximum absolute atomic E-state index is 12.4. The van der Waals surface area contributed by atoms with Crippen LogP contribution in [0.1, 0.15) is 0 Å². The van der Waals surface area contributed by atoms with Gasteiger partial charge in [-0.05, 0) is 36.4 Å². The van der Waals surface area contributed by atoms with Crippen molar-refractivity contribution >= 4 is 41.0 Å². The Kier molecular flexibility index (Phi) is 7.20. The molecule has 0 aliphatic rings. The quantitative estimate of drug-likeness (QED) is 0.336. The number of ether oxygens (including phenoxy) is 1. The van der Waals surface area contributed by atoms with Gasteiger partial charge >= 0.3 is 0 Å². The molecule has 3 rings (SSSR count). The summed E-state index contributed by atoms with van der Waals surface area (Å²) >= 11 is 2.43. The first kappa shape index (κ1) is 21.5. The number of rotatable bonds is 9. The first-order valence-electron chi connectivity index (χ1n) is 8.75. The van der Waals surface area contributed by atoms with Gasteiger partial charge in [0.1, 0.15) is 5.75 Å².